The summed E-state index contributed by atoms with van der Waals surface area (Å²) in [5, 5.41) is 12.2. The Balaban J connectivity index is 1.44. The number of hydrogen-bond donors (Lipinski definition) is 2. The first kappa shape index (κ1) is 22.1. The van der Waals surface area contributed by atoms with E-state index in [1.54, 1.807) is 0 Å². The second kappa shape index (κ2) is 9.95. The van der Waals surface area contributed by atoms with Gasteiger partial charge < -0.3 is 15.2 Å². The zero-order valence-electron chi connectivity index (χ0n) is 16.5. The summed E-state index contributed by atoms with van der Waals surface area (Å²) in [5.74, 6) is -0.863. The standard InChI is InChI=1S/C22H25F3N2O3/c23-22(24,25)19-3-1-2-4-20(19)30-15-21(29)26-13-16-5-7-17(8-6-16)14-27-11-9-18(28)10-12-27/h1-8,18,28H,9-15H2,(H,26,29). The second-order valence-electron chi connectivity index (χ2n) is 7.38. The Bertz CT molecular complexity index is 832. The highest BCUT2D eigenvalue weighted by atomic mass is 19.4. The lowest BCUT2D eigenvalue weighted by Crippen LogP contribution is -2.35. The normalized spacial score (nSPS) is 15.7. The van der Waals surface area contributed by atoms with Gasteiger partial charge in [0.2, 0.25) is 0 Å². The Morgan fingerprint density at radius 1 is 1.07 bits per heavy atom. The van der Waals surface area contributed by atoms with Crippen LogP contribution in [0.5, 0.6) is 5.75 Å². The number of ether oxygens (including phenoxy) is 1. The van der Waals surface area contributed by atoms with Crippen LogP contribution in [0.4, 0.5) is 13.2 Å². The lowest BCUT2D eigenvalue weighted by atomic mass is 10.1. The minimum atomic E-state index is -4.54. The first-order valence-electron chi connectivity index (χ1n) is 9.85. The Kier molecular flexibility index (Phi) is 7.33. The SMILES string of the molecule is O=C(COc1ccccc1C(F)(F)F)NCc1ccc(CN2CCC(O)CC2)cc1. The summed E-state index contributed by atoms with van der Waals surface area (Å²) in [4.78, 5) is 14.3. The zero-order valence-corrected chi connectivity index (χ0v) is 16.5. The highest BCUT2D eigenvalue weighted by molar-refractivity contribution is 5.77. The maximum Gasteiger partial charge on any atom is 0.419 e. The molecule has 5 nitrogen and oxygen atoms in total. The van der Waals surface area contributed by atoms with Gasteiger partial charge in [0.25, 0.3) is 5.91 Å². The number of carbonyl (C=O) groups excluding carboxylic acids is 1. The molecule has 3 rings (SSSR count). The van der Waals surface area contributed by atoms with Crippen molar-refractivity contribution in [1.82, 2.24) is 10.2 Å². The maximum atomic E-state index is 12.9. The topological polar surface area (TPSA) is 61.8 Å². The fraction of sp³-hybridized carbons (Fsp3) is 0.409. The van der Waals surface area contributed by atoms with Crippen LogP contribution in [-0.2, 0) is 24.1 Å². The molecular weight excluding hydrogens is 397 g/mol. The number of aliphatic hydroxyl groups is 1. The number of halogens is 3. The largest absolute Gasteiger partial charge is 0.483 e. The molecule has 30 heavy (non-hydrogen) atoms. The number of para-hydroxylation sites is 1. The van der Waals surface area contributed by atoms with Crippen LogP contribution in [0.2, 0.25) is 0 Å². The number of nitrogens with one attached hydrogen (secondary N) is 1. The third kappa shape index (κ3) is 6.47. The molecule has 0 atom stereocenters. The molecule has 8 heteroatoms. The van der Waals surface area contributed by atoms with Gasteiger partial charge in [-0.1, -0.05) is 36.4 Å². The first-order chi connectivity index (χ1) is 14.3. The molecule has 0 spiro atoms. The molecule has 2 aromatic carbocycles. The molecule has 0 bridgehead atoms. The Morgan fingerprint density at radius 3 is 2.37 bits per heavy atom. The lowest BCUT2D eigenvalue weighted by Gasteiger charge is -2.29. The van der Waals surface area contributed by atoms with E-state index in [1.165, 1.54) is 18.2 Å². The summed E-state index contributed by atoms with van der Waals surface area (Å²) >= 11 is 0. The van der Waals surface area contributed by atoms with Gasteiger partial charge in [-0.05, 0) is 36.1 Å². The molecule has 1 aliphatic rings. The lowest BCUT2D eigenvalue weighted by molar-refractivity contribution is -0.139. The fourth-order valence-corrected chi connectivity index (χ4v) is 3.32. The highest BCUT2D eigenvalue weighted by Crippen LogP contribution is 2.35. The molecule has 1 fully saturated rings. The molecule has 1 heterocycles. The van der Waals surface area contributed by atoms with Gasteiger partial charge in [-0.25, -0.2) is 0 Å². The Hall–Kier alpha value is -2.58. The van der Waals surface area contributed by atoms with E-state index in [-0.39, 0.29) is 18.4 Å². The zero-order chi connectivity index (χ0) is 21.6. The van der Waals surface area contributed by atoms with E-state index < -0.39 is 24.3 Å². The van der Waals surface area contributed by atoms with E-state index in [0.29, 0.717) is 0 Å². The van der Waals surface area contributed by atoms with Gasteiger partial charge in [0.1, 0.15) is 5.75 Å². The average molecular weight is 422 g/mol. The molecular formula is C22H25F3N2O3. The van der Waals surface area contributed by atoms with Gasteiger partial charge in [0.05, 0.1) is 11.7 Å². The molecule has 0 saturated carbocycles. The van der Waals surface area contributed by atoms with Crippen molar-refractivity contribution in [3.05, 3.63) is 65.2 Å². The molecule has 2 aromatic rings. The molecule has 0 aromatic heterocycles. The van der Waals surface area contributed by atoms with Crippen LogP contribution in [0.15, 0.2) is 48.5 Å². The molecule has 1 saturated heterocycles. The first-order valence-corrected chi connectivity index (χ1v) is 9.85. The summed E-state index contributed by atoms with van der Waals surface area (Å²) in [6.45, 7) is 2.32. The van der Waals surface area contributed by atoms with Crippen LogP contribution >= 0.6 is 0 Å². The van der Waals surface area contributed by atoms with Gasteiger partial charge in [0.15, 0.2) is 6.61 Å². The van der Waals surface area contributed by atoms with Crippen LogP contribution < -0.4 is 10.1 Å². The fourth-order valence-electron chi connectivity index (χ4n) is 3.32. The van der Waals surface area contributed by atoms with Crippen molar-refractivity contribution in [2.24, 2.45) is 0 Å². The minimum Gasteiger partial charge on any atom is -0.483 e. The van der Waals surface area contributed by atoms with Gasteiger partial charge in [-0.3, -0.25) is 9.69 Å². The van der Waals surface area contributed by atoms with E-state index in [2.05, 4.69) is 10.2 Å². The molecule has 0 aliphatic carbocycles. The summed E-state index contributed by atoms with van der Waals surface area (Å²) in [6, 6.07) is 12.6. The summed E-state index contributed by atoms with van der Waals surface area (Å²) in [7, 11) is 0. The number of hydrogen-bond acceptors (Lipinski definition) is 4. The molecule has 162 valence electrons. The number of piperidine rings is 1. The predicted molar refractivity (Wildman–Crippen MR) is 106 cm³/mol. The number of alkyl halides is 3. The molecule has 1 aliphatic heterocycles. The number of nitrogens with zero attached hydrogens (tertiary/aromatic N) is 1. The number of amides is 1. The number of aliphatic hydroxyl groups excluding tert-OH is 1. The van der Waals surface area contributed by atoms with Gasteiger partial charge in [0, 0.05) is 26.2 Å². The van der Waals surface area contributed by atoms with E-state index in [4.69, 9.17) is 4.74 Å². The van der Waals surface area contributed by atoms with E-state index in [1.807, 2.05) is 24.3 Å². The molecule has 0 radical (unpaired) electrons. The number of benzene rings is 2. The van der Waals surface area contributed by atoms with Crippen molar-refractivity contribution in [2.75, 3.05) is 19.7 Å². The van der Waals surface area contributed by atoms with Gasteiger partial charge in [-0.15, -0.1) is 0 Å². The van der Waals surface area contributed by atoms with Crippen LogP contribution in [0.25, 0.3) is 0 Å². The second-order valence-corrected chi connectivity index (χ2v) is 7.38. The Morgan fingerprint density at radius 2 is 1.70 bits per heavy atom. The molecule has 2 N–H and O–H groups in total. The van der Waals surface area contributed by atoms with Crippen molar-refractivity contribution in [2.45, 2.75) is 38.2 Å². The quantitative estimate of drug-likeness (QED) is 0.719. The van der Waals surface area contributed by atoms with Crippen LogP contribution in [0.1, 0.15) is 29.5 Å². The van der Waals surface area contributed by atoms with Crippen molar-refractivity contribution in [3.8, 4) is 5.75 Å². The van der Waals surface area contributed by atoms with Crippen molar-refractivity contribution >= 4 is 5.91 Å². The van der Waals surface area contributed by atoms with Gasteiger partial charge in [-0.2, -0.15) is 13.2 Å². The van der Waals surface area contributed by atoms with Crippen LogP contribution in [0.3, 0.4) is 0 Å². The third-order valence-electron chi connectivity index (χ3n) is 5.03. The Labute approximate surface area is 173 Å². The predicted octanol–water partition coefficient (Wildman–Crippen LogP) is 3.36. The minimum absolute atomic E-state index is 0.196. The maximum absolute atomic E-state index is 12.9. The van der Waals surface area contributed by atoms with Crippen molar-refractivity contribution < 1.29 is 27.8 Å². The summed E-state index contributed by atoms with van der Waals surface area (Å²) < 4.78 is 43.9. The third-order valence-corrected chi connectivity index (χ3v) is 5.03. The monoisotopic (exact) mass is 422 g/mol. The average Bonchev–Trinajstić information content (AvgIpc) is 2.73. The molecule has 0 unspecified atom stereocenters. The van der Waals surface area contributed by atoms with Crippen LogP contribution in [0, 0.1) is 0 Å². The van der Waals surface area contributed by atoms with Crippen molar-refractivity contribution in [1.29, 1.82) is 0 Å². The number of likely N-dealkylation sites (tertiary alicyclic amines) is 1. The molecule has 1 amide bonds. The van der Waals surface area contributed by atoms with E-state index in [0.717, 1.165) is 49.7 Å². The highest BCUT2D eigenvalue weighted by Gasteiger charge is 2.34. The summed E-state index contributed by atoms with van der Waals surface area (Å²) in [5.41, 5.74) is 1.13. The smallest absolute Gasteiger partial charge is 0.419 e. The van der Waals surface area contributed by atoms with E-state index in [9.17, 15) is 23.1 Å². The van der Waals surface area contributed by atoms with E-state index >= 15 is 0 Å². The van der Waals surface area contributed by atoms with Crippen molar-refractivity contribution in [3.63, 3.8) is 0 Å². The summed E-state index contributed by atoms with van der Waals surface area (Å²) in [6.07, 6.45) is -3.15. The number of rotatable bonds is 7. The van der Waals surface area contributed by atoms with Crippen LogP contribution in [-0.4, -0.2) is 41.7 Å². The van der Waals surface area contributed by atoms with Gasteiger partial charge >= 0.3 is 6.18 Å². The number of carbonyl (C=O) groups is 1.